The molecule has 4 aromatic rings. The minimum Gasteiger partial charge on any atom is -0.303 e. The monoisotopic (exact) mass is 536 g/mol. The molecule has 0 bridgehead atoms. The molecular weight excluding hydrogens is 488 g/mol. The molecule has 0 atom stereocenters. The van der Waals surface area contributed by atoms with E-state index in [0.29, 0.717) is 0 Å². The van der Waals surface area contributed by atoms with Gasteiger partial charge in [-0.05, 0) is 71.3 Å². The first kappa shape index (κ1) is 29.7. The highest BCUT2D eigenvalue weighted by Crippen LogP contribution is 2.27. The molecular formula is C36H48N4. The largest absolute Gasteiger partial charge is 0.303 e. The van der Waals surface area contributed by atoms with E-state index >= 15 is 0 Å². The summed E-state index contributed by atoms with van der Waals surface area (Å²) in [7, 11) is 0. The van der Waals surface area contributed by atoms with Crippen LogP contribution in [0.1, 0.15) is 88.9 Å². The number of hydrogen-bond donors (Lipinski definition) is 0. The van der Waals surface area contributed by atoms with E-state index in [4.69, 9.17) is 5.10 Å². The zero-order valence-electron chi connectivity index (χ0n) is 25.6. The summed E-state index contributed by atoms with van der Waals surface area (Å²) in [4.78, 5) is 2.45. The zero-order valence-corrected chi connectivity index (χ0v) is 25.6. The number of aryl methyl sites for hydroxylation is 1. The standard InChI is InChI=1S/C36H48N4/c1-7-10-11-12-28-15-23-33(24-16-28)40-35(34(37-38-40)25-26-39(8-2)9-3)27-29-13-17-30(18-14-29)31-19-21-32(22-20-31)36(4,5)6/h13-24H,7-12,25-27H2,1-6H3. The molecule has 0 spiro atoms. The third kappa shape index (κ3) is 7.69. The zero-order chi connectivity index (χ0) is 28.5. The van der Waals surface area contributed by atoms with E-state index in [2.05, 4.69) is 129 Å². The Morgan fingerprint density at radius 1 is 0.700 bits per heavy atom. The lowest BCUT2D eigenvalue weighted by atomic mass is 9.86. The van der Waals surface area contributed by atoms with Crippen LogP contribution in [0.5, 0.6) is 0 Å². The summed E-state index contributed by atoms with van der Waals surface area (Å²) < 4.78 is 2.06. The predicted molar refractivity (Wildman–Crippen MR) is 169 cm³/mol. The molecule has 3 aromatic carbocycles. The van der Waals surface area contributed by atoms with Crippen molar-refractivity contribution in [1.82, 2.24) is 19.9 Å². The highest BCUT2D eigenvalue weighted by atomic mass is 15.4. The van der Waals surface area contributed by atoms with Gasteiger partial charge in [0.05, 0.1) is 17.1 Å². The highest BCUT2D eigenvalue weighted by Gasteiger charge is 2.17. The van der Waals surface area contributed by atoms with Gasteiger partial charge in [0.25, 0.3) is 0 Å². The Morgan fingerprint density at radius 3 is 1.88 bits per heavy atom. The maximum absolute atomic E-state index is 4.69. The summed E-state index contributed by atoms with van der Waals surface area (Å²) in [6, 6.07) is 26.9. The fourth-order valence-electron chi connectivity index (χ4n) is 5.27. The molecule has 40 heavy (non-hydrogen) atoms. The van der Waals surface area contributed by atoms with E-state index in [1.165, 1.54) is 52.8 Å². The van der Waals surface area contributed by atoms with Crippen molar-refractivity contribution in [2.45, 2.75) is 85.5 Å². The summed E-state index contributed by atoms with van der Waals surface area (Å²) in [6.07, 6.45) is 6.63. The van der Waals surface area contributed by atoms with Gasteiger partial charge < -0.3 is 4.90 Å². The Bertz CT molecular complexity index is 1310. The third-order valence-electron chi connectivity index (χ3n) is 8.06. The van der Waals surface area contributed by atoms with Crippen molar-refractivity contribution in [2.24, 2.45) is 0 Å². The van der Waals surface area contributed by atoms with Gasteiger partial charge in [0.15, 0.2) is 0 Å². The van der Waals surface area contributed by atoms with Gasteiger partial charge in [-0.3, -0.25) is 0 Å². The van der Waals surface area contributed by atoms with Crippen molar-refractivity contribution in [3.8, 4) is 16.8 Å². The molecule has 4 rings (SSSR count). The van der Waals surface area contributed by atoms with Crippen LogP contribution in [-0.2, 0) is 24.7 Å². The Kier molecular flexibility index (Phi) is 10.3. The maximum atomic E-state index is 4.69. The first-order valence-corrected chi connectivity index (χ1v) is 15.3. The average molecular weight is 537 g/mol. The van der Waals surface area contributed by atoms with Gasteiger partial charge >= 0.3 is 0 Å². The minimum absolute atomic E-state index is 0.164. The van der Waals surface area contributed by atoms with Gasteiger partial charge in [0.2, 0.25) is 0 Å². The van der Waals surface area contributed by atoms with Crippen molar-refractivity contribution in [3.63, 3.8) is 0 Å². The molecule has 0 aliphatic heterocycles. The number of aromatic nitrogens is 3. The molecule has 0 radical (unpaired) electrons. The molecule has 0 aliphatic rings. The Hall–Kier alpha value is -3.24. The lowest BCUT2D eigenvalue weighted by Crippen LogP contribution is -2.25. The normalized spacial score (nSPS) is 11.9. The van der Waals surface area contributed by atoms with Crippen molar-refractivity contribution >= 4 is 0 Å². The van der Waals surface area contributed by atoms with Crippen LogP contribution in [-0.4, -0.2) is 39.5 Å². The molecule has 0 saturated carbocycles. The molecule has 212 valence electrons. The predicted octanol–water partition coefficient (Wildman–Crippen LogP) is 8.44. The fourth-order valence-corrected chi connectivity index (χ4v) is 5.27. The summed E-state index contributed by atoms with van der Waals surface area (Å²) in [5.74, 6) is 0. The van der Waals surface area contributed by atoms with Crippen LogP contribution in [0.3, 0.4) is 0 Å². The van der Waals surface area contributed by atoms with Crippen molar-refractivity contribution < 1.29 is 0 Å². The molecule has 0 N–H and O–H groups in total. The van der Waals surface area contributed by atoms with E-state index in [1.54, 1.807) is 0 Å². The van der Waals surface area contributed by atoms with E-state index < -0.39 is 0 Å². The molecule has 4 nitrogen and oxygen atoms in total. The fraction of sp³-hybridized carbons (Fsp3) is 0.444. The summed E-state index contributed by atoms with van der Waals surface area (Å²) in [5.41, 5.74) is 10.1. The van der Waals surface area contributed by atoms with Gasteiger partial charge in [-0.2, -0.15) is 0 Å². The second-order valence-corrected chi connectivity index (χ2v) is 12.0. The quantitative estimate of drug-likeness (QED) is 0.161. The second kappa shape index (κ2) is 13.9. The molecule has 0 aliphatic carbocycles. The van der Waals surface area contributed by atoms with Crippen LogP contribution in [0.4, 0.5) is 0 Å². The minimum atomic E-state index is 0.164. The molecule has 0 fully saturated rings. The van der Waals surface area contributed by atoms with Gasteiger partial charge in [0, 0.05) is 19.4 Å². The number of hydrogen-bond acceptors (Lipinski definition) is 3. The summed E-state index contributed by atoms with van der Waals surface area (Å²) >= 11 is 0. The van der Waals surface area contributed by atoms with E-state index in [0.717, 1.165) is 50.3 Å². The van der Waals surface area contributed by atoms with Crippen LogP contribution in [0, 0.1) is 0 Å². The Morgan fingerprint density at radius 2 is 1.30 bits per heavy atom. The lowest BCUT2D eigenvalue weighted by molar-refractivity contribution is 0.306. The molecule has 4 heteroatoms. The van der Waals surface area contributed by atoms with Crippen LogP contribution in [0.25, 0.3) is 16.8 Å². The van der Waals surface area contributed by atoms with Crippen LogP contribution >= 0.6 is 0 Å². The van der Waals surface area contributed by atoms with Crippen LogP contribution < -0.4 is 0 Å². The van der Waals surface area contributed by atoms with Gasteiger partial charge in [-0.25, -0.2) is 4.68 Å². The summed E-state index contributed by atoms with van der Waals surface area (Å²) in [6.45, 7) is 16.6. The molecule has 0 saturated heterocycles. The lowest BCUT2D eigenvalue weighted by Gasteiger charge is -2.19. The van der Waals surface area contributed by atoms with Crippen molar-refractivity contribution in [3.05, 3.63) is 101 Å². The third-order valence-corrected chi connectivity index (χ3v) is 8.06. The number of benzene rings is 3. The van der Waals surface area contributed by atoms with Gasteiger partial charge in [0.1, 0.15) is 0 Å². The molecule has 0 amide bonds. The first-order valence-electron chi connectivity index (χ1n) is 15.3. The van der Waals surface area contributed by atoms with Crippen LogP contribution in [0.15, 0.2) is 72.8 Å². The number of unbranched alkanes of at least 4 members (excludes halogenated alkanes) is 2. The van der Waals surface area contributed by atoms with E-state index in [-0.39, 0.29) is 5.41 Å². The van der Waals surface area contributed by atoms with Crippen LogP contribution in [0.2, 0.25) is 0 Å². The van der Waals surface area contributed by atoms with Gasteiger partial charge in [-0.15, -0.1) is 5.10 Å². The van der Waals surface area contributed by atoms with E-state index in [9.17, 15) is 0 Å². The SMILES string of the molecule is CCCCCc1ccc(-n2nnc(CCN(CC)CC)c2Cc2ccc(-c3ccc(C(C)(C)C)cc3)cc2)cc1. The Labute approximate surface area is 242 Å². The molecule has 1 heterocycles. The topological polar surface area (TPSA) is 34.0 Å². The van der Waals surface area contributed by atoms with Gasteiger partial charge in [-0.1, -0.05) is 120 Å². The number of likely N-dealkylation sites (N-methyl/N-ethyl adjacent to an activating group) is 1. The summed E-state index contributed by atoms with van der Waals surface area (Å²) in [5, 5.41) is 9.35. The first-order chi connectivity index (χ1) is 19.3. The maximum Gasteiger partial charge on any atom is 0.0880 e. The Balaban J connectivity index is 1.57. The number of rotatable bonds is 13. The van der Waals surface area contributed by atoms with Crippen molar-refractivity contribution in [1.29, 1.82) is 0 Å². The van der Waals surface area contributed by atoms with Crippen molar-refractivity contribution in [2.75, 3.05) is 19.6 Å². The average Bonchev–Trinajstić information content (AvgIpc) is 3.36. The molecule has 1 aromatic heterocycles. The number of nitrogens with zero attached hydrogens (tertiary/aromatic N) is 4. The second-order valence-electron chi connectivity index (χ2n) is 12.0. The van der Waals surface area contributed by atoms with E-state index in [1.807, 2.05) is 0 Å². The smallest absolute Gasteiger partial charge is 0.0880 e. The molecule has 0 unspecified atom stereocenters. The highest BCUT2D eigenvalue weighted by molar-refractivity contribution is 5.64.